The van der Waals surface area contributed by atoms with Crippen molar-refractivity contribution in [3.63, 3.8) is 0 Å². The predicted octanol–water partition coefficient (Wildman–Crippen LogP) is 8.61. The molecule has 4 aromatic carbocycles. The molecule has 0 aromatic heterocycles. The van der Waals surface area contributed by atoms with E-state index in [9.17, 15) is 9.59 Å². The molecule has 0 heterocycles. The molecule has 5 rings (SSSR count). The van der Waals surface area contributed by atoms with Crippen LogP contribution in [0.25, 0.3) is 0 Å². The van der Waals surface area contributed by atoms with E-state index >= 15 is 0 Å². The van der Waals surface area contributed by atoms with Crippen LogP contribution in [0.15, 0.2) is 103 Å². The zero-order valence-electron chi connectivity index (χ0n) is 24.3. The van der Waals surface area contributed by atoms with Crippen molar-refractivity contribution in [3.05, 3.63) is 131 Å². The fourth-order valence-electron chi connectivity index (χ4n) is 5.53. The molecule has 42 heavy (non-hydrogen) atoms. The third-order valence-corrected chi connectivity index (χ3v) is 7.95. The van der Waals surface area contributed by atoms with E-state index in [1.165, 1.54) is 37.7 Å². The van der Waals surface area contributed by atoms with Gasteiger partial charge in [0.25, 0.3) is 0 Å². The van der Waals surface area contributed by atoms with E-state index in [-0.39, 0.29) is 19.1 Å². The van der Waals surface area contributed by atoms with Crippen LogP contribution in [0.1, 0.15) is 84.0 Å². The lowest BCUT2D eigenvalue weighted by Gasteiger charge is -2.25. The molecular formula is C37H39NO4. The van der Waals surface area contributed by atoms with E-state index in [2.05, 4.69) is 24.3 Å². The summed E-state index contributed by atoms with van der Waals surface area (Å²) in [7, 11) is 0. The zero-order valence-corrected chi connectivity index (χ0v) is 24.3. The minimum absolute atomic E-state index is 0.000212. The molecule has 0 aliphatic heterocycles. The van der Waals surface area contributed by atoms with Gasteiger partial charge in [0.15, 0.2) is 0 Å². The zero-order chi connectivity index (χ0) is 29.1. The van der Waals surface area contributed by atoms with Crippen LogP contribution in [0.2, 0.25) is 0 Å². The summed E-state index contributed by atoms with van der Waals surface area (Å²) in [6.07, 6.45) is 6.81. The van der Waals surface area contributed by atoms with Gasteiger partial charge in [-0.15, -0.1) is 0 Å². The number of rotatable bonds is 11. The van der Waals surface area contributed by atoms with Crippen molar-refractivity contribution in [1.29, 1.82) is 0 Å². The molecule has 0 N–H and O–H groups in total. The Morgan fingerprint density at radius 3 is 2.02 bits per heavy atom. The van der Waals surface area contributed by atoms with Gasteiger partial charge in [0.2, 0.25) is 5.91 Å². The van der Waals surface area contributed by atoms with Crippen LogP contribution in [0.5, 0.6) is 5.75 Å². The molecule has 0 unspecified atom stereocenters. The number of amides is 1. The molecule has 1 amide bonds. The number of ether oxygens (including phenoxy) is 2. The van der Waals surface area contributed by atoms with Crippen LogP contribution in [0.3, 0.4) is 0 Å². The third-order valence-electron chi connectivity index (χ3n) is 7.95. The van der Waals surface area contributed by atoms with E-state index < -0.39 is 5.97 Å². The molecule has 1 aliphatic carbocycles. The number of carbonyl (C=O) groups excluding carboxylic acids is 2. The molecule has 1 fully saturated rings. The molecule has 4 aromatic rings. The maximum atomic E-state index is 13.2. The first-order chi connectivity index (χ1) is 20.6. The Kier molecular flexibility index (Phi) is 10.1. The van der Waals surface area contributed by atoms with Crippen molar-refractivity contribution in [2.75, 3.05) is 4.90 Å². The highest BCUT2D eigenvalue weighted by Crippen LogP contribution is 2.33. The fourth-order valence-corrected chi connectivity index (χ4v) is 5.53. The number of hydrogen-bond donors (Lipinski definition) is 0. The lowest BCUT2D eigenvalue weighted by molar-refractivity contribution is -0.118. The molecule has 0 bridgehead atoms. The second kappa shape index (κ2) is 14.5. The first-order valence-electron chi connectivity index (χ1n) is 15.0. The molecule has 1 aliphatic rings. The Labute approximate surface area is 249 Å². The Hall–Kier alpha value is -4.38. The summed E-state index contributed by atoms with van der Waals surface area (Å²) in [5.74, 6) is 0.551. The van der Waals surface area contributed by atoms with E-state index in [4.69, 9.17) is 9.47 Å². The Morgan fingerprint density at radius 1 is 0.738 bits per heavy atom. The lowest BCUT2D eigenvalue weighted by Crippen LogP contribution is -2.29. The number of anilines is 1. The topological polar surface area (TPSA) is 55.8 Å². The normalized spacial score (nSPS) is 13.4. The molecule has 0 radical (unpaired) electrons. The van der Waals surface area contributed by atoms with Gasteiger partial charge in [0, 0.05) is 18.2 Å². The van der Waals surface area contributed by atoms with Gasteiger partial charge >= 0.3 is 5.97 Å². The first-order valence-corrected chi connectivity index (χ1v) is 15.0. The van der Waals surface area contributed by atoms with Gasteiger partial charge in [-0.25, -0.2) is 4.79 Å². The van der Waals surface area contributed by atoms with Gasteiger partial charge in [0.1, 0.15) is 24.5 Å². The van der Waals surface area contributed by atoms with Crippen molar-refractivity contribution in [2.45, 2.75) is 71.1 Å². The summed E-state index contributed by atoms with van der Waals surface area (Å²) >= 11 is 0. The number of benzene rings is 4. The van der Waals surface area contributed by atoms with Crippen molar-refractivity contribution in [1.82, 2.24) is 0 Å². The second-order valence-corrected chi connectivity index (χ2v) is 10.9. The molecule has 0 saturated heterocycles. The standard InChI is InChI=1S/C37H39NO4/c1-2-36(39)38(25-28-18-20-32(21-19-28)31-16-10-5-11-17-31)33-22-23-34(37(40)42-27-30-14-8-4-9-15-30)35(24-33)41-26-29-12-6-3-7-13-29/h3-4,6-9,12-15,18-24,31H,2,5,10-11,16-17,25-27H2,1H3. The first kappa shape index (κ1) is 29.1. The average molecular weight is 562 g/mol. The monoisotopic (exact) mass is 561 g/mol. The number of esters is 1. The largest absolute Gasteiger partial charge is 0.488 e. The summed E-state index contributed by atoms with van der Waals surface area (Å²) in [6, 6.07) is 33.4. The van der Waals surface area contributed by atoms with E-state index in [0.29, 0.717) is 35.9 Å². The van der Waals surface area contributed by atoms with Crippen LogP contribution < -0.4 is 9.64 Å². The molecule has 216 valence electrons. The molecule has 0 atom stereocenters. The minimum Gasteiger partial charge on any atom is -0.488 e. The Bertz CT molecular complexity index is 1440. The molecular weight excluding hydrogens is 522 g/mol. The van der Waals surface area contributed by atoms with Crippen molar-refractivity contribution < 1.29 is 19.1 Å². The maximum absolute atomic E-state index is 13.2. The average Bonchev–Trinajstić information content (AvgIpc) is 3.06. The summed E-state index contributed by atoms with van der Waals surface area (Å²) in [5.41, 5.74) is 5.35. The van der Waals surface area contributed by atoms with Gasteiger partial charge in [-0.3, -0.25) is 4.79 Å². The van der Waals surface area contributed by atoms with Crippen LogP contribution in [0.4, 0.5) is 5.69 Å². The molecule has 0 spiro atoms. The summed E-state index contributed by atoms with van der Waals surface area (Å²) in [5, 5.41) is 0. The van der Waals surface area contributed by atoms with Crippen molar-refractivity contribution >= 4 is 17.6 Å². The SMILES string of the molecule is CCC(=O)N(Cc1ccc(C2CCCCC2)cc1)c1ccc(C(=O)OCc2ccccc2)c(OCc2ccccc2)c1. The third kappa shape index (κ3) is 7.67. The lowest BCUT2D eigenvalue weighted by atomic mass is 9.84. The van der Waals surface area contributed by atoms with Crippen LogP contribution >= 0.6 is 0 Å². The Balaban J connectivity index is 1.38. The minimum atomic E-state index is -0.472. The van der Waals surface area contributed by atoms with E-state index in [1.54, 1.807) is 23.1 Å². The van der Waals surface area contributed by atoms with Crippen LogP contribution in [-0.4, -0.2) is 11.9 Å². The molecule has 5 nitrogen and oxygen atoms in total. The van der Waals surface area contributed by atoms with E-state index in [1.807, 2.05) is 67.6 Å². The Morgan fingerprint density at radius 2 is 1.38 bits per heavy atom. The predicted molar refractivity (Wildman–Crippen MR) is 167 cm³/mol. The fraction of sp³-hybridized carbons (Fsp3) is 0.297. The van der Waals surface area contributed by atoms with E-state index in [0.717, 1.165) is 16.7 Å². The van der Waals surface area contributed by atoms with Gasteiger partial charge in [-0.2, -0.15) is 0 Å². The van der Waals surface area contributed by atoms with Gasteiger partial charge in [-0.1, -0.05) is 111 Å². The maximum Gasteiger partial charge on any atom is 0.342 e. The number of nitrogens with zero attached hydrogens (tertiary/aromatic N) is 1. The molecule has 1 saturated carbocycles. The second-order valence-electron chi connectivity index (χ2n) is 10.9. The highest BCUT2D eigenvalue weighted by molar-refractivity contribution is 5.96. The van der Waals surface area contributed by atoms with Gasteiger partial charge in [0.05, 0.1) is 6.54 Å². The van der Waals surface area contributed by atoms with Crippen LogP contribution in [0, 0.1) is 0 Å². The van der Waals surface area contributed by atoms with Gasteiger partial charge in [-0.05, 0) is 53.1 Å². The number of hydrogen-bond acceptors (Lipinski definition) is 4. The highest BCUT2D eigenvalue weighted by atomic mass is 16.5. The van der Waals surface area contributed by atoms with Gasteiger partial charge < -0.3 is 14.4 Å². The van der Waals surface area contributed by atoms with Crippen LogP contribution in [-0.2, 0) is 29.3 Å². The summed E-state index contributed by atoms with van der Waals surface area (Å²) in [4.78, 5) is 28.2. The summed E-state index contributed by atoms with van der Waals surface area (Å²) < 4.78 is 11.8. The smallest absolute Gasteiger partial charge is 0.342 e. The number of carbonyl (C=O) groups is 2. The quantitative estimate of drug-likeness (QED) is 0.172. The highest BCUT2D eigenvalue weighted by Gasteiger charge is 2.21. The van der Waals surface area contributed by atoms with Crippen molar-refractivity contribution in [3.8, 4) is 5.75 Å². The van der Waals surface area contributed by atoms with Crippen molar-refractivity contribution in [2.24, 2.45) is 0 Å². The summed E-state index contributed by atoms with van der Waals surface area (Å²) in [6.45, 7) is 2.75. The molecule has 5 heteroatoms.